The number of aryl methyl sites for hydroxylation is 1. The van der Waals surface area contributed by atoms with E-state index < -0.39 is 34.2 Å². The normalized spacial score (nSPS) is 14.8. The Morgan fingerprint density at radius 1 is 0.941 bits per heavy atom. The molecule has 1 aliphatic carbocycles. The van der Waals surface area contributed by atoms with Crippen molar-refractivity contribution in [1.29, 1.82) is 0 Å². The van der Waals surface area contributed by atoms with Gasteiger partial charge in [-0.2, -0.15) is 0 Å². The fraction of sp³-hybridized carbons (Fsp3) is 0.400. The Hall–Kier alpha value is -3.07. The molecule has 34 heavy (non-hydrogen) atoms. The minimum absolute atomic E-state index is 0.112. The van der Waals surface area contributed by atoms with Crippen molar-refractivity contribution in [3.8, 4) is 0 Å². The molecule has 7 nitrogen and oxygen atoms in total. The van der Waals surface area contributed by atoms with E-state index in [1.54, 1.807) is 12.1 Å². The first-order valence-electron chi connectivity index (χ1n) is 11.4. The van der Waals surface area contributed by atoms with Crippen LogP contribution in [0, 0.1) is 12.7 Å². The van der Waals surface area contributed by atoms with Gasteiger partial charge in [-0.25, -0.2) is 4.39 Å². The summed E-state index contributed by atoms with van der Waals surface area (Å²) in [5, 5.41) is 5.53. The second-order valence-corrected chi connectivity index (χ2v) is 9.96. The highest BCUT2D eigenvalue weighted by atomic mass is 32.2. The average molecular weight is 488 g/mol. The molecule has 1 fully saturated rings. The van der Waals surface area contributed by atoms with Gasteiger partial charge in [0.25, 0.3) is 0 Å². The topological polar surface area (TPSA) is 95.6 Å². The molecular weight excluding hydrogens is 457 g/mol. The van der Waals surface area contributed by atoms with Crippen LogP contribution < -0.4 is 15.5 Å². The van der Waals surface area contributed by atoms with Crippen LogP contribution in [0.3, 0.4) is 0 Å². The maximum Gasteiger partial charge on any atom is 0.240 e. The van der Waals surface area contributed by atoms with Crippen LogP contribution in [0.15, 0.2) is 48.5 Å². The van der Waals surface area contributed by atoms with E-state index >= 15 is 0 Å². The molecule has 0 heterocycles. The van der Waals surface area contributed by atoms with Crippen molar-refractivity contribution in [3.63, 3.8) is 0 Å². The van der Waals surface area contributed by atoms with Gasteiger partial charge in [0, 0.05) is 28.2 Å². The summed E-state index contributed by atoms with van der Waals surface area (Å²) in [6.45, 7) is 1.73. The maximum absolute atomic E-state index is 13.0. The number of amides is 3. The summed E-state index contributed by atoms with van der Waals surface area (Å²) >= 11 is 0. The minimum atomic E-state index is -1.79. The molecule has 0 radical (unpaired) electrons. The predicted molar refractivity (Wildman–Crippen MR) is 131 cm³/mol. The van der Waals surface area contributed by atoms with Crippen LogP contribution in [-0.4, -0.2) is 46.0 Å². The van der Waals surface area contributed by atoms with Gasteiger partial charge >= 0.3 is 0 Å². The second kappa shape index (κ2) is 12.4. The van der Waals surface area contributed by atoms with E-state index in [1.807, 2.05) is 19.1 Å². The third-order valence-electron chi connectivity index (χ3n) is 5.62. The number of rotatable bonds is 9. The fourth-order valence-corrected chi connectivity index (χ4v) is 4.75. The molecule has 0 saturated heterocycles. The lowest BCUT2D eigenvalue weighted by Crippen LogP contribution is -2.46. The van der Waals surface area contributed by atoms with Gasteiger partial charge in [0.15, 0.2) is 0 Å². The first-order valence-corrected chi connectivity index (χ1v) is 12.9. The molecular formula is C25H30FN3O4S. The summed E-state index contributed by atoms with van der Waals surface area (Å²) in [5.74, 6) is -2.54. The molecule has 3 rings (SSSR count). The molecule has 1 atom stereocenters. The zero-order chi connectivity index (χ0) is 24.5. The van der Waals surface area contributed by atoms with Crippen LogP contribution >= 0.6 is 0 Å². The molecule has 0 aliphatic heterocycles. The molecule has 0 bridgehead atoms. The summed E-state index contributed by atoms with van der Waals surface area (Å²) in [6.07, 6.45) is 5.17. The SMILES string of the molecule is Cc1ccc(N(CC(=O)NC2CCCCC2)C(=O)CS(=O)CC(=O)Nc2ccc(F)cc2)cc1. The Kier molecular flexibility index (Phi) is 9.33. The Labute approximate surface area is 201 Å². The quantitative estimate of drug-likeness (QED) is 0.567. The summed E-state index contributed by atoms with van der Waals surface area (Å²) in [4.78, 5) is 39.2. The van der Waals surface area contributed by atoms with Crippen LogP contribution in [-0.2, 0) is 25.2 Å². The Balaban J connectivity index is 1.61. The third kappa shape index (κ3) is 8.06. The number of nitrogens with zero attached hydrogens (tertiary/aromatic N) is 1. The number of benzene rings is 2. The van der Waals surface area contributed by atoms with Crippen molar-refractivity contribution < 1.29 is 23.0 Å². The van der Waals surface area contributed by atoms with Crippen LogP contribution in [0.25, 0.3) is 0 Å². The van der Waals surface area contributed by atoms with E-state index in [1.165, 1.54) is 35.6 Å². The molecule has 1 saturated carbocycles. The molecule has 2 aromatic rings. The van der Waals surface area contributed by atoms with E-state index in [4.69, 9.17) is 0 Å². The van der Waals surface area contributed by atoms with Gasteiger partial charge in [-0.1, -0.05) is 37.0 Å². The number of carbonyl (C=O) groups is 3. The van der Waals surface area contributed by atoms with Crippen molar-refractivity contribution in [2.75, 3.05) is 28.3 Å². The van der Waals surface area contributed by atoms with Gasteiger partial charge in [-0.3, -0.25) is 18.6 Å². The smallest absolute Gasteiger partial charge is 0.240 e. The first kappa shape index (κ1) is 25.6. The number of halogens is 1. The number of carbonyl (C=O) groups excluding carboxylic acids is 3. The zero-order valence-electron chi connectivity index (χ0n) is 19.2. The maximum atomic E-state index is 13.0. The lowest BCUT2D eigenvalue weighted by Gasteiger charge is -2.26. The largest absolute Gasteiger partial charge is 0.352 e. The monoisotopic (exact) mass is 487 g/mol. The summed E-state index contributed by atoms with van der Waals surface area (Å²) in [7, 11) is -1.79. The predicted octanol–water partition coefficient (Wildman–Crippen LogP) is 3.30. The van der Waals surface area contributed by atoms with Gasteiger partial charge in [-0.15, -0.1) is 0 Å². The highest BCUT2D eigenvalue weighted by molar-refractivity contribution is 7.86. The summed E-state index contributed by atoms with van der Waals surface area (Å²) in [5.41, 5.74) is 1.90. The van der Waals surface area contributed by atoms with Gasteiger partial charge in [-0.05, 0) is 56.2 Å². The van der Waals surface area contributed by atoms with Crippen molar-refractivity contribution in [2.45, 2.75) is 45.1 Å². The minimum Gasteiger partial charge on any atom is -0.352 e. The highest BCUT2D eigenvalue weighted by Crippen LogP contribution is 2.19. The average Bonchev–Trinajstić information content (AvgIpc) is 2.80. The lowest BCUT2D eigenvalue weighted by atomic mass is 9.95. The van der Waals surface area contributed by atoms with Crippen LogP contribution in [0.4, 0.5) is 15.8 Å². The molecule has 0 spiro atoms. The van der Waals surface area contributed by atoms with Gasteiger partial charge in [0.1, 0.15) is 23.9 Å². The Morgan fingerprint density at radius 2 is 1.59 bits per heavy atom. The molecule has 9 heteroatoms. The Bertz CT molecular complexity index is 1020. The molecule has 1 unspecified atom stereocenters. The van der Waals surface area contributed by atoms with Crippen molar-refractivity contribution in [1.82, 2.24) is 5.32 Å². The first-order chi connectivity index (χ1) is 16.3. The van der Waals surface area contributed by atoms with Crippen LogP contribution in [0.1, 0.15) is 37.7 Å². The number of anilines is 2. The van der Waals surface area contributed by atoms with Crippen molar-refractivity contribution in [3.05, 3.63) is 59.9 Å². The third-order valence-corrected chi connectivity index (χ3v) is 6.78. The van der Waals surface area contributed by atoms with E-state index in [0.29, 0.717) is 11.4 Å². The number of nitrogens with one attached hydrogen (secondary N) is 2. The van der Waals surface area contributed by atoms with E-state index in [9.17, 15) is 23.0 Å². The van der Waals surface area contributed by atoms with E-state index in [-0.39, 0.29) is 24.2 Å². The van der Waals surface area contributed by atoms with Crippen molar-refractivity contribution >= 4 is 39.9 Å². The molecule has 182 valence electrons. The molecule has 0 aromatic heterocycles. The van der Waals surface area contributed by atoms with Crippen molar-refractivity contribution in [2.24, 2.45) is 0 Å². The lowest BCUT2D eigenvalue weighted by molar-refractivity contribution is -0.123. The van der Waals surface area contributed by atoms with Gasteiger partial charge < -0.3 is 15.5 Å². The fourth-order valence-electron chi connectivity index (χ4n) is 3.86. The van der Waals surface area contributed by atoms with Crippen LogP contribution in [0.5, 0.6) is 0 Å². The molecule has 3 amide bonds. The number of hydrogen-bond acceptors (Lipinski definition) is 4. The zero-order valence-corrected chi connectivity index (χ0v) is 20.0. The van der Waals surface area contributed by atoms with Crippen LogP contribution in [0.2, 0.25) is 0 Å². The van der Waals surface area contributed by atoms with E-state index in [2.05, 4.69) is 10.6 Å². The van der Waals surface area contributed by atoms with E-state index in [0.717, 1.165) is 31.2 Å². The highest BCUT2D eigenvalue weighted by Gasteiger charge is 2.24. The summed E-state index contributed by atoms with van der Waals surface area (Å²) in [6, 6.07) is 12.5. The second-order valence-electron chi connectivity index (χ2n) is 8.50. The summed E-state index contributed by atoms with van der Waals surface area (Å²) < 4.78 is 25.5. The van der Waals surface area contributed by atoms with Gasteiger partial charge in [0.2, 0.25) is 17.7 Å². The standard InChI is InChI=1S/C25H30FN3O4S/c1-18-7-13-22(14-8-18)29(15-23(30)27-20-5-3-2-4-6-20)25(32)17-34(33)16-24(31)28-21-11-9-19(26)10-12-21/h7-14,20H,2-6,15-17H2,1H3,(H,27,30)(H,28,31). The Morgan fingerprint density at radius 3 is 2.24 bits per heavy atom. The molecule has 2 N–H and O–H groups in total. The molecule has 1 aliphatic rings. The molecule has 2 aromatic carbocycles. The number of hydrogen-bond donors (Lipinski definition) is 2. The van der Waals surface area contributed by atoms with Gasteiger partial charge in [0.05, 0.1) is 0 Å².